The Labute approximate surface area is 171 Å². The first kappa shape index (κ1) is 21.2. The molecule has 1 heterocycles. The Kier molecular flexibility index (Phi) is 6.25. The lowest BCUT2D eigenvalue weighted by molar-refractivity contribution is -0.137. The molecule has 2 aromatic carbocycles. The lowest BCUT2D eigenvalue weighted by atomic mass is 10.1. The van der Waals surface area contributed by atoms with Gasteiger partial charge < -0.3 is 9.15 Å². The molecule has 5 nitrogen and oxygen atoms in total. The molecule has 0 saturated carbocycles. The fourth-order valence-electron chi connectivity index (χ4n) is 2.58. The standard InChI is InChI=1S/C22H19F3N2O3/c1-14-6-7-18(10-15(14)2)29-13-21(28)27-26-12-19-8-9-20(30-19)16-4-3-5-17(11-16)22(23,24)25/h3-12H,13H2,1-2H3,(H,27,28)/b26-12+. The molecule has 1 aromatic heterocycles. The molecular formula is C22H19F3N2O3. The summed E-state index contributed by atoms with van der Waals surface area (Å²) in [4.78, 5) is 11.8. The van der Waals surface area contributed by atoms with Crippen LogP contribution in [0.5, 0.6) is 5.75 Å². The van der Waals surface area contributed by atoms with E-state index in [2.05, 4.69) is 10.5 Å². The normalized spacial score (nSPS) is 11.6. The van der Waals surface area contributed by atoms with Gasteiger partial charge in [0.15, 0.2) is 6.61 Å². The number of hydrogen-bond acceptors (Lipinski definition) is 4. The minimum Gasteiger partial charge on any atom is -0.484 e. The highest BCUT2D eigenvalue weighted by atomic mass is 19.4. The van der Waals surface area contributed by atoms with Crippen LogP contribution >= 0.6 is 0 Å². The third kappa shape index (κ3) is 5.50. The number of amides is 1. The van der Waals surface area contributed by atoms with E-state index in [0.717, 1.165) is 23.3 Å². The zero-order chi connectivity index (χ0) is 21.7. The molecule has 0 fully saturated rings. The summed E-state index contributed by atoms with van der Waals surface area (Å²) in [6.07, 6.45) is -3.18. The lowest BCUT2D eigenvalue weighted by Gasteiger charge is -2.07. The SMILES string of the molecule is Cc1ccc(OCC(=O)N/N=C/c2ccc(-c3cccc(C(F)(F)F)c3)o2)cc1C. The quantitative estimate of drug-likeness (QED) is 0.449. The number of furan rings is 1. The molecule has 3 rings (SSSR count). The van der Waals surface area contributed by atoms with E-state index < -0.39 is 17.6 Å². The van der Waals surface area contributed by atoms with Gasteiger partial charge in [-0.1, -0.05) is 18.2 Å². The fraction of sp³-hybridized carbons (Fsp3) is 0.182. The van der Waals surface area contributed by atoms with Gasteiger partial charge in [0.25, 0.3) is 5.91 Å². The molecule has 0 aliphatic heterocycles. The first-order chi connectivity index (χ1) is 14.2. The first-order valence-electron chi connectivity index (χ1n) is 9.02. The molecule has 0 aliphatic carbocycles. The van der Waals surface area contributed by atoms with E-state index >= 15 is 0 Å². The minimum atomic E-state index is -4.43. The van der Waals surface area contributed by atoms with Gasteiger partial charge in [-0.3, -0.25) is 4.79 Å². The van der Waals surface area contributed by atoms with Gasteiger partial charge in [0.05, 0.1) is 11.8 Å². The van der Waals surface area contributed by atoms with Gasteiger partial charge in [-0.15, -0.1) is 0 Å². The van der Waals surface area contributed by atoms with E-state index in [0.29, 0.717) is 5.75 Å². The third-order valence-electron chi connectivity index (χ3n) is 4.33. The van der Waals surface area contributed by atoms with Gasteiger partial charge in [0.1, 0.15) is 17.3 Å². The average Bonchev–Trinajstić information content (AvgIpc) is 3.17. The van der Waals surface area contributed by atoms with Crippen molar-refractivity contribution in [2.75, 3.05) is 6.61 Å². The number of halogens is 3. The Bertz CT molecular complexity index is 1070. The summed E-state index contributed by atoms with van der Waals surface area (Å²) in [7, 11) is 0. The number of carbonyl (C=O) groups is 1. The van der Waals surface area contributed by atoms with E-state index in [-0.39, 0.29) is 23.7 Å². The second kappa shape index (κ2) is 8.86. The summed E-state index contributed by atoms with van der Waals surface area (Å²) < 4.78 is 49.4. The van der Waals surface area contributed by atoms with E-state index in [9.17, 15) is 18.0 Å². The van der Waals surface area contributed by atoms with Crippen LogP contribution in [0.1, 0.15) is 22.5 Å². The number of rotatable bonds is 6. The predicted molar refractivity (Wildman–Crippen MR) is 106 cm³/mol. The van der Waals surface area contributed by atoms with Crippen molar-refractivity contribution in [2.24, 2.45) is 5.10 Å². The Hall–Kier alpha value is -3.55. The van der Waals surface area contributed by atoms with Gasteiger partial charge in [0, 0.05) is 5.56 Å². The molecule has 156 valence electrons. The van der Waals surface area contributed by atoms with Crippen LogP contribution in [0.2, 0.25) is 0 Å². The second-order valence-electron chi connectivity index (χ2n) is 6.61. The monoisotopic (exact) mass is 416 g/mol. The molecule has 8 heteroatoms. The molecule has 3 aromatic rings. The minimum absolute atomic E-state index is 0.215. The van der Waals surface area contributed by atoms with Crippen molar-refractivity contribution in [3.8, 4) is 17.1 Å². The Balaban J connectivity index is 1.55. The second-order valence-corrected chi connectivity index (χ2v) is 6.61. The van der Waals surface area contributed by atoms with Gasteiger partial charge in [-0.2, -0.15) is 18.3 Å². The largest absolute Gasteiger partial charge is 0.484 e. The number of nitrogens with one attached hydrogen (secondary N) is 1. The van der Waals surface area contributed by atoms with Crippen LogP contribution in [0.3, 0.4) is 0 Å². The molecule has 0 spiro atoms. The van der Waals surface area contributed by atoms with Crippen LogP contribution in [0.4, 0.5) is 13.2 Å². The van der Waals surface area contributed by atoms with E-state index in [4.69, 9.17) is 9.15 Å². The summed E-state index contributed by atoms with van der Waals surface area (Å²) in [6.45, 7) is 3.71. The van der Waals surface area contributed by atoms with Gasteiger partial charge in [0.2, 0.25) is 0 Å². The molecule has 0 bridgehead atoms. The first-order valence-corrected chi connectivity index (χ1v) is 9.02. The third-order valence-corrected chi connectivity index (χ3v) is 4.33. The van der Waals surface area contributed by atoms with E-state index in [1.807, 2.05) is 26.0 Å². The van der Waals surface area contributed by atoms with Crippen molar-refractivity contribution in [1.82, 2.24) is 5.43 Å². The molecular weight excluding hydrogens is 397 g/mol. The summed E-state index contributed by atoms with van der Waals surface area (Å²) in [5, 5.41) is 3.77. The molecule has 0 radical (unpaired) electrons. The maximum atomic E-state index is 12.8. The van der Waals surface area contributed by atoms with Crippen molar-refractivity contribution in [2.45, 2.75) is 20.0 Å². The van der Waals surface area contributed by atoms with Crippen molar-refractivity contribution in [1.29, 1.82) is 0 Å². The zero-order valence-corrected chi connectivity index (χ0v) is 16.3. The van der Waals surface area contributed by atoms with Crippen molar-refractivity contribution >= 4 is 12.1 Å². The van der Waals surface area contributed by atoms with E-state index in [1.165, 1.54) is 30.5 Å². The molecule has 1 amide bonds. The summed E-state index contributed by atoms with van der Waals surface area (Å²) >= 11 is 0. The molecule has 0 atom stereocenters. The highest BCUT2D eigenvalue weighted by Crippen LogP contribution is 2.32. The van der Waals surface area contributed by atoms with Crippen LogP contribution in [0.25, 0.3) is 11.3 Å². The summed E-state index contributed by atoms with van der Waals surface area (Å²) in [6, 6.07) is 13.4. The number of benzene rings is 2. The van der Waals surface area contributed by atoms with Crippen LogP contribution in [-0.4, -0.2) is 18.7 Å². The number of hydrazone groups is 1. The number of nitrogens with zero attached hydrogens (tertiary/aromatic N) is 1. The molecule has 1 N–H and O–H groups in total. The van der Waals surface area contributed by atoms with Crippen LogP contribution in [-0.2, 0) is 11.0 Å². The Morgan fingerprint density at radius 2 is 1.90 bits per heavy atom. The maximum absolute atomic E-state index is 12.8. The fourth-order valence-corrected chi connectivity index (χ4v) is 2.58. The van der Waals surface area contributed by atoms with Crippen LogP contribution in [0.15, 0.2) is 64.1 Å². The lowest BCUT2D eigenvalue weighted by Crippen LogP contribution is -2.24. The highest BCUT2D eigenvalue weighted by Gasteiger charge is 2.30. The number of alkyl halides is 3. The maximum Gasteiger partial charge on any atom is 0.416 e. The molecule has 0 saturated heterocycles. The highest BCUT2D eigenvalue weighted by molar-refractivity contribution is 5.81. The van der Waals surface area contributed by atoms with E-state index in [1.54, 1.807) is 6.07 Å². The smallest absolute Gasteiger partial charge is 0.416 e. The van der Waals surface area contributed by atoms with Crippen molar-refractivity contribution < 1.29 is 27.1 Å². The molecule has 0 unspecified atom stereocenters. The Morgan fingerprint density at radius 3 is 2.63 bits per heavy atom. The van der Waals surface area contributed by atoms with Crippen molar-refractivity contribution in [3.63, 3.8) is 0 Å². The van der Waals surface area contributed by atoms with Gasteiger partial charge in [-0.25, -0.2) is 5.43 Å². The predicted octanol–water partition coefficient (Wildman–Crippen LogP) is 5.11. The molecule has 0 aliphatic rings. The molecule has 30 heavy (non-hydrogen) atoms. The van der Waals surface area contributed by atoms with Gasteiger partial charge >= 0.3 is 6.18 Å². The number of ether oxygens (including phenoxy) is 1. The zero-order valence-electron chi connectivity index (χ0n) is 16.3. The van der Waals surface area contributed by atoms with Crippen LogP contribution in [0, 0.1) is 13.8 Å². The Morgan fingerprint density at radius 1 is 1.10 bits per heavy atom. The van der Waals surface area contributed by atoms with Crippen LogP contribution < -0.4 is 10.2 Å². The summed E-state index contributed by atoms with van der Waals surface area (Å²) in [5.41, 5.74) is 4.01. The van der Waals surface area contributed by atoms with Crippen molar-refractivity contribution in [3.05, 3.63) is 77.0 Å². The van der Waals surface area contributed by atoms with Gasteiger partial charge in [-0.05, 0) is 61.4 Å². The number of hydrogen-bond donors (Lipinski definition) is 1. The average molecular weight is 416 g/mol. The number of aryl methyl sites for hydroxylation is 2. The summed E-state index contributed by atoms with van der Waals surface area (Å²) in [5.74, 6) is 0.646. The topological polar surface area (TPSA) is 63.8 Å². The number of carbonyl (C=O) groups excluding carboxylic acids is 1.